The van der Waals surface area contributed by atoms with E-state index >= 15 is 0 Å². The first kappa shape index (κ1) is 22.7. The molecule has 0 aliphatic carbocycles. The van der Waals surface area contributed by atoms with E-state index in [0.717, 1.165) is 18.7 Å². The van der Waals surface area contributed by atoms with Crippen molar-refractivity contribution in [1.82, 2.24) is 10.2 Å². The van der Waals surface area contributed by atoms with Gasteiger partial charge in [0.05, 0.1) is 27.2 Å². The molecule has 0 saturated carbocycles. The topological polar surface area (TPSA) is 68.4 Å². The summed E-state index contributed by atoms with van der Waals surface area (Å²) in [4.78, 5) is 0. The molecule has 4 rings (SSSR count). The molecule has 0 radical (unpaired) electrons. The van der Waals surface area contributed by atoms with Crippen LogP contribution in [0, 0.1) is 0 Å². The van der Waals surface area contributed by atoms with Crippen molar-refractivity contribution in [3.63, 3.8) is 0 Å². The first-order chi connectivity index (χ1) is 16.0. The van der Waals surface area contributed by atoms with Gasteiger partial charge in [0.15, 0.2) is 12.1 Å². The van der Waals surface area contributed by atoms with Crippen molar-refractivity contribution < 1.29 is 18.7 Å². The summed E-state index contributed by atoms with van der Waals surface area (Å²) in [5.41, 5.74) is -0.162. The van der Waals surface area contributed by atoms with Gasteiger partial charge in [-0.25, -0.2) is 0 Å². The highest BCUT2D eigenvalue weighted by Gasteiger charge is 2.40. The molecule has 170 valence electrons. The van der Waals surface area contributed by atoms with Gasteiger partial charge in [0.2, 0.25) is 0 Å². The molecule has 1 aromatic heterocycles. The van der Waals surface area contributed by atoms with Crippen LogP contribution in [0.5, 0.6) is 5.75 Å². The summed E-state index contributed by atoms with van der Waals surface area (Å²) in [6, 6.07) is 28.7. The van der Waals surface area contributed by atoms with E-state index < -0.39 is 5.60 Å². The zero-order valence-corrected chi connectivity index (χ0v) is 19.1. The number of hydrogen-bond donors (Lipinski definition) is 1. The van der Waals surface area contributed by atoms with Gasteiger partial charge in [0.25, 0.3) is 11.8 Å². The minimum Gasteiger partial charge on any atom is -0.493 e. The number of aliphatic hydroxyl groups is 1. The second kappa shape index (κ2) is 9.98. The van der Waals surface area contributed by atoms with E-state index in [1.54, 1.807) is 0 Å². The fraction of sp³-hybridized carbons (Fsp3) is 0.259. The van der Waals surface area contributed by atoms with Crippen LogP contribution in [-0.2, 0) is 12.1 Å². The van der Waals surface area contributed by atoms with E-state index in [2.05, 4.69) is 24.3 Å². The highest BCUT2D eigenvalue weighted by molar-refractivity contribution is 5.41. The van der Waals surface area contributed by atoms with Gasteiger partial charge in [0, 0.05) is 6.42 Å². The van der Waals surface area contributed by atoms with Gasteiger partial charge < -0.3 is 18.7 Å². The van der Waals surface area contributed by atoms with Crippen LogP contribution in [-0.4, -0.2) is 47.0 Å². The number of hydrogen-bond acceptors (Lipinski definition) is 5. The average molecular weight is 445 g/mol. The van der Waals surface area contributed by atoms with Crippen LogP contribution in [0.2, 0.25) is 0 Å². The molecule has 0 atom stereocenters. The molecule has 0 amide bonds. The lowest BCUT2D eigenvalue weighted by molar-refractivity contribution is -0.905. The molecule has 0 aliphatic rings. The zero-order chi connectivity index (χ0) is 23.2. The van der Waals surface area contributed by atoms with E-state index in [0.29, 0.717) is 34.7 Å². The molecule has 0 spiro atoms. The van der Waals surface area contributed by atoms with Crippen LogP contribution in [0.1, 0.15) is 29.3 Å². The number of quaternary nitrogens is 1. The Balaban J connectivity index is 1.46. The summed E-state index contributed by atoms with van der Waals surface area (Å²) < 4.78 is 12.5. The normalized spacial score (nSPS) is 12.0. The number of ether oxygens (including phenoxy) is 1. The Morgan fingerprint density at radius 1 is 0.818 bits per heavy atom. The summed E-state index contributed by atoms with van der Waals surface area (Å²) in [6.07, 6.45) is 0.890. The Hall–Kier alpha value is -3.48. The molecule has 6 nitrogen and oxygen atoms in total. The molecule has 0 bridgehead atoms. The van der Waals surface area contributed by atoms with Crippen molar-refractivity contribution in [3.05, 3.63) is 114 Å². The lowest BCUT2D eigenvalue weighted by Gasteiger charge is -2.28. The quantitative estimate of drug-likeness (QED) is 0.290. The molecule has 0 aliphatic heterocycles. The Kier molecular flexibility index (Phi) is 6.87. The van der Waals surface area contributed by atoms with Crippen LogP contribution >= 0.6 is 0 Å². The molecule has 3 aromatic carbocycles. The maximum absolute atomic E-state index is 11.8. The molecule has 1 N–H and O–H groups in total. The first-order valence-corrected chi connectivity index (χ1v) is 11.1. The molecule has 0 unspecified atom stereocenters. The van der Waals surface area contributed by atoms with Crippen molar-refractivity contribution >= 4 is 0 Å². The Bertz CT molecular complexity index is 1090. The van der Waals surface area contributed by atoms with Gasteiger partial charge in [-0.2, -0.15) is 0 Å². The summed E-state index contributed by atoms with van der Waals surface area (Å²) >= 11 is 0. The molecular weight excluding hydrogens is 414 g/mol. The van der Waals surface area contributed by atoms with E-state index in [9.17, 15) is 5.11 Å². The van der Waals surface area contributed by atoms with Crippen molar-refractivity contribution in [2.45, 2.75) is 18.6 Å². The van der Waals surface area contributed by atoms with Crippen LogP contribution < -0.4 is 4.74 Å². The monoisotopic (exact) mass is 444 g/mol. The lowest BCUT2D eigenvalue weighted by Crippen LogP contribution is -2.40. The molecule has 6 heteroatoms. The maximum Gasteiger partial charge on any atom is 0.271 e. The molecule has 0 saturated heterocycles. The number of benzene rings is 3. The van der Waals surface area contributed by atoms with Gasteiger partial charge in [-0.1, -0.05) is 78.9 Å². The predicted molar refractivity (Wildman–Crippen MR) is 127 cm³/mol. The van der Waals surface area contributed by atoms with E-state index in [1.165, 1.54) is 0 Å². The largest absolute Gasteiger partial charge is 0.493 e. The fourth-order valence-corrected chi connectivity index (χ4v) is 3.88. The minimum absolute atomic E-state index is 0.169. The number of nitrogens with zero attached hydrogens (tertiary/aromatic N) is 3. The van der Waals surface area contributed by atoms with Gasteiger partial charge >= 0.3 is 0 Å². The molecular formula is C27H30N3O3+. The van der Waals surface area contributed by atoms with Crippen molar-refractivity contribution in [1.29, 1.82) is 0 Å². The van der Waals surface area contributed by atoms with Gasteiger partial charge in [-0.3, -0.25) is 0 Å². The predicted octanol–water partition coefficient (Wildman–Crippen LogP) is 4.40. The van der Waals surface area contributed by atoms with Crippen molar-refractivity contribution in [2.75, 3.05) is 27.2 Å². The van der Waals surface area contributed by atoms with Gasteiger partial charge in [0.1, 0.15) is 5.75 Å². The van der Waals surface area contributed by atoms with Crippen LogP contribution in [0.25, 0.3) is 0 Å². The number of rotatable bonds is 10. The second-order valence-electron chi connectivity index (χ2n) is 8.78. The zero-order valence-electron chi connectivity index (χ0n) is 19.1. The fourth-order valence-electron chi connectivity index (χ4n) is 3.88. The van der Waals surface area contributed by atoms with Crippen molar-refractivity contribution in [2.24, 2.45) is 0 Å². The van der Waals surface area contributed by atoms with E-state index in [1.807, 2.05) is 91.0 Å². The Morgan fingerprint density at radius 2 is 1.36 bits per heavy atom. The lowest BCUT2D eigenvalue weighted by atomic mass is 9.86. The standard InChI is InChI=1S/C27H30N3O3/c1-30(2,19-12-20-32-24-17-10-5-11-18-24)21-25-28-29-26(33-25)27(31,22-13-6-3-7-14-22)23-15-8-4-9-16-23/h3-11,13-18,31H,12,19-21H2,1-2H3/q+1. The SMILES string of the molecule is C[N+](C)(CCCOc1ccccc1)Cc1nnc(C(O)(c2ccccc2)c2ccccc2)o1. The third kappa shape index (κ3) is 5.48. The third-order valence-corrected chi connectivity index (χ3v) is 5.64. The molecule has 4 aromatic rings. The molecule has 0 fully saturated rings. The molecule has 1 heterocycles. The Morgan fingerprint density at radius 3 is 1.94 bits per heavy atom. The second-order valence-corrected chi connectivity index (χ2v) is 8.78. The first-order valence-electron chi connectivity index (χ1n) is 11.1. The smallest absolute Gasteiger partial charge is 0.271 e. The van der Waals surface area contributed by atoms with Gasteiger partial charge in [-0.15, -0.1) is 10.2 Å². The highest BCUT2D eigenvalue weighted by atomic mass is 16.5. The third-order valence-electron chi connectivity index (χ3n) is 5.64. The summed E-state index contributed by atoms with van der Waals surface area (Å²) in [5.74, 6) is 1.54. The average Bonchev–Trinajstić information content (AvgIpc) is 3.31. The summed E-state index contributed by atoms with van der Waals surface area (Å²) in [5, 5.41) is 20.3. The van der Waals surface area contributed by atoms with Crippen LogP contribution in [0.3, 0.4) is 0 Å². The number of para-hydroxylation sites is 1. The maximum atomic E-state index is 11.8. The Labute approximate surface area is 194 Å². The molecule has 33 heavy (non-hydrogen) atoms. The van der Waals surface area contributed by atoms with E-state index in [4.69, 9.17) is 9.15 Å². The van der Waals surface area contributed by atoms with Crippen LogP contribution in [0.4, 0.5) is 0 Å². The highest BCUT2D eigenvalue weighted by Crippen LogP contribution is 2.35. The van der Waals surface area contributed by atoms with Crippen LogP contribution in [0.15, 0.2) is 95.4 Å². The van der Waals surface area contributed by atoms with Gasteiger partial charge in [-0.05, 0) is 23.3 Å². The van der Waals surface area contributed by atoms with Crippen molar-refractivity contribution in [3.8, 4) is 5.75 Å². The number of aromatic nitrogens is 2. The summed E-state index contributed by atoms with van der Waals surface area (Å²) in [6.45, 7) is 2.08. The van der Waals surface area contributed by atoms with E-state index in [-0.39, 0.29) is 5.89 Å². The minimum atomic E-state index is -1.52. The summed E-state index contributed by atoms with van der Waals surface area (Å²) in [7, 11) is 4.24.